The first-order valence-corrected chi connectivity index (χ1v) is 9.94. The van der Waals surface area contributed by atoms with Crippen molar-refractivity contribution in [1.82, 2.24) is 15.1 Å². The quantitative estimate of drug-likeness (QED) is 0.449. The molecular weight excluding hydrogens is 417 g/mol. The van der Waals surface area contributed by atoms with Crippen LogP contribution >= 0.6 is 11.6 Å². The summed E-state index contributed by atoms with van der Waals surface area (Å²) in [7, 11) is 1.60. The van der Waals surface area contributed by atoms with Gasteiger partial charge < -0.3 is 10.1 Å². The van der Waals surface area contributed by atoms with Crippen LogP contribution in [-0.4, -0.2) is 22.8 Å². The largest absolute Gasteiger partial charge is 0.497 e. The van der Waals surface area contributed by atoms with Crippen LogP contribution in [0.25, 0.3) is 16.9 Å². The number of nitrogens with one attached hydrogen (secondary N) is 1. The van der Waals surface area contributed by atoms with Crippen LogP contribution in [0.2, 0.25) is 5.02 Å². The van der Waals surface area contributed by atoms with E-state index in [0.717, 1.165) is 11.1 Å². The van der Waals surface area contributed by atoms with E-state index in [9.17, 15) is 9.18 Å². The molecule has 0 radical (unpaired) electrons. The molecule has 156 valence electrons. The number of amides is 1. The van der Waals surface area contributed by atoms with Gasteiger partial charge in [-0.15, -0.1) is 0 Å². The summed E-state index contributed by atoms with van der Waals surface area (Å²) >= 11 is 6.16. The van der Waals surface area contributed by atoms with Crippen molar-refractivity contribution in [3.05, 3.63) is 101 Å². The first-order valence-electron chi connectivity index (χ1n) is 9.56. The lowest BCUT2D eigenvalue weighted by Crippen LogP contribution is -2.25. The van der Waals surface area contributed by atoms with E-state index in [0.29, 0.717) is 27.8 Å². The molecule has 0 spiro atoms. The van der Waals surface area contributed by atoms with Gasteiger partial charge in [-0.2, -0.15) is 5.10 Å². The second kappa shape index (κ2) is 9.02. The molecule has 5 nitrogen and oxygen atoms in total. The van der Waals surface area contributed by atoms with Crippen molar-refractivity contribution in [2.45, 2.75) is 6.54 Å². The zero-order chi connectivity index (χ0) is 21.8. The van der Waals surface area contributed by atoms with Crippen LogP contribution in [0, 0.1) is 5.82 Å². The molecule has 4 aromatic rings. The molecule has 1 amide bonds. The molecular formula is C24H19ClFN3O2. The second-order valence-corrected chi connectivity index (χ2v) is 7.28. The first kappa shape index (κ1) is 20.6. The summed E-state index contributed by atoms with van der Waals surface area (Å²) in [5.74, 6) is 0.0557. The van der Waals surface area contributed by atoms with Crippen LogP contribution in [-0.2, 0) is 6.54 Å². The van der Waals surface area contributed by atoms with Gasteiger partial charge in [0, 0.05) is 17.1 Å². The molecule has 0 aliphatic rings. The lowest BCUT2D eigenvalue weighted by molar-refractivity contribution is 0.0943. The summed E-state index contributed by atoms with van der Waals surface area (Å²) in [5.41, 5.74) is 3.23. The number of hydrogen-bond donors (Lipinski definition) is 1. The van der Waals surface area contributed by atoms with Gasteiger partial charge in [0.1, 0.15) is 17.3 Å². The normalized spacial score (nSPS) is 10.7. The van der Waals surface area contributed by atoms with E-state index in [-0.39, 0.29) is 18.3 Å². The Morgan fingerprint density at radius 3 is 2.58 bits per heavy atom. The van der Waals surface area contributed by atoms with Gasteiger partial charge in [0.2, 0.25) is 0 Å². The number of aromatic nitrogens is 2. The average Bonchev–Trinajstić information content (AvgIpc) is 3.24. The van der Waals surface area contributed by atoms with Gasteiger partial charge in [-0.1, -0.05) is 41.9 Å². The number of benzene rings is 3. The minimum absolute atomic E-state index is 0.258. The molecule has 0 aliphatic carbocycles. The number of carbonyl (C=O) groups is 1. The highest BCUT2D eigenvalue weighted by molar-refractivity contribution is 6.30. The van der Waals surface area contributed by atoms with E-state index >= 15 is 0 Å². The average molecular weight is 436 g/mol. The Bertz CT molecular complexity index is 1220. The Kier molecular flexibility index (Phi) is 6.00. The molecule has 4 rings (SSSR count). The molecule has 0 bridgehead atoms. The van der Waals surface area contributed by atoms with Crippen molar-refractivity contribution >= 4 is 17.5 Å². The molecule has 0 fully saturated rings. The maximum absolute atomic E-state index is 13.1. The molecule has 0 unspecified atom stereocenters. The minimum atomic E-state index is -0.322. The molecule has 1 heterocycles. The summed E-state index contributed by atoms with van der Waals surface area (Å²) < 4.78 is 20.0. The molecule has 0 atom stereocenters. The Morgan fingerprint density at radius 1 is 1.06 bits per heavy atom. The van der Waals surface area contributed by atoms with Crippen molar-refractivity contribution in [3.8, 4) is 22.7 Å². The highest BCUT2D eigenvalue weighted by atomic mass is 35.5. The van der Waals surface area contributed by atoms with E-state index in [4.69, 9.17) is 16.3 Å². The van der Waals surface area contributed by atoms with Crippen LogP contribution in [0.3, 0.4) is 0 Å². The van der Waals surface area contributed by atoms with Gasteiger partial charge in [0.15, 0.2) is 0 Å². The Hall–Kier alpha value is -3.64. The fraction of sp³-hybridized carbons (Fsp3) is 0.0833. The number of rotatable bonds is 6. The summed E-state index contributed by atoms with van der Waals surface area (Å²) in [6, 6.07) is 22.3. The van der Waals surface area contributed by atoms with E-state index in [1.807, 2.05) is 30.3 Å². The third kappa shape index (κ3) is 4.75. The van der Waals surface area contributed by atoms with Crippen LogP contribution < -0.4 is 10.1 Å². The monoisotopic (exact) mass is 435 g/mol. The topological polar surface area (TPSA) is 56.1 Å². The number of hydrogen-bond acceptors (Lipinski definition) is 3. The predicted octanol–water partition coefficient (Wildman–Crippen LogP) is 5.27. The Labute approximate surface area is 184 Å². The van der Waals surface area contributed by atoms with Crippen molar-refractivity contribution in [2.75, 3.05) is 7.11 Å². The third-order valence-electron chi connectivity index (χ3n) is 4.73. The molecule has 0 saturated carbocycles. The number of methoxy groups -OCH3 is 1. The summed E-state index contributed by atoms with van der Waals surface area (Å²) in [6.45, 7) is 0.258. The lowest BCUT2D eigenvalue weighted by Gasteiger charge is -2.09. The van der Waals surface area contributed by atoms with Crippen molar-refractivity contribution in [2.24, 2.45) is 0 Å². The molecule has 1 N–H and O–H groups in total. The van der Waals surface area contributed by atoms with Gasteiger partial charge in [-0.05, 0) is 54.1 Å². The van der Waals surface area contributed by atoms with Crippen molar-refractivity contribution in [1.29, 1.82) is 0 Å². The third-order valence-corrected chi connectivity index (χ3v) is 4.96. The van der Waals surface area contributed by atoms with Gasteiger partial charge in [0.05, 0.1) is 18.5 Å². The summed E-state index contributed by atoms with van der Waals surface area (Å²) in [5, 5.41) is 8.05. The highest BCUT2D eigenvalue weighted by Gasteiger charge is 2.18. The van der Waals surface area contributed by atoms with Gasteiger partial charge in [0.25, 0.3) is 5.91 Å². The minimum Gasteiger partial charge on any atom is -0.497 e. The second-order valence-electron chi connectivity index (χ2n) is 6.85. The zero-order valence-electron chi connectivity index (χ0n) is 16.7. The Morgan fingerprint density at radius 2 is 1.84 bits per heavy atom. The molecule has 0 aliphatic heterocycles. The summed E-state index contributed by atoms with van der Waals surface area (Å²) in [4.78, 5) is 13.0. The molecule has 31 heavy (non-hydrogen) atoms. The first-order chi connectivity index (χ1) is 15.0. The van der Waals surface area contributed by atoms with Gasteiger partial charge >= 0.3 is 0 Å². The number of carbonyl (C=O) groups excluding carboxylic acids is 1. The molecule has 0 saturated heterocycles. The number of halogens is 2. The molecule has 1 aromatic heterocycles. The van der Waals surface area contributed by atoms with Crippen molar-refractivity contribution < 1.29 is 13.9 Å². The van der Waals surface area contributed by atoms with Gasteiger partial charge in [-0.25, -0.2) is 9.07 Å². The number of nitrogens with zero attached hydrogens (tertiary/aromatic N) is 2. The maximum atomic E-state index is 13.1. The van der Waals surface area contributed by atoms with Crippen LogP contribution in [0.1, 0.15) is 16.1 Å². The summed E-state index contributed by atoms with van der Waals surface area (Å²) in [6.07, 6.45) is 0. The molecule has 7 heteroatoms. The van der Waals surface area contributed by atoms with Crippen LogP contribution in [0.5, 0.6) is 5.75 Å². The SMILES string of the molecule is COc1cccc(-c2cc(C(=O)NCc3ccc(F)cc3)n(-c3cccc(Cl)c3)n2)c1. The van der Waals surface area contributed by atoms with Crippen molar-refractivity contribution in [3.63, 3.8) is 0 Å². The maximum Gasteiger partial charge on any atom is 0.270 e. The van der Waals surface area contributed by atoms with E-state index in [1.165, 1.54) is 12.1 Å². The Balaban J connectivity index is 1.69. The van der Waals surface area contributed by atoms with E-state index in [2.05, 4.69) is 10.4 Å². The fourth-order valence-electron chi connectivity index (χ4n) is 3.15. The molecule has 3 aromatic carbocycles. The van der Waals surface area contributed by atoms with Gasteiger partial charge in [-0.3, -0.25) is 4.79 Å². The smallest absolute Gasteiger partial charge is 0.270 e. The van der Waals surface area contributed by atoms with Crippen LogP contribution in [0.4, 0.5) is 4.39 Å². The highest BCUT2D eigenvalue weighted by Crippen LogP contribution is 2.26. The fourth-order valence-corrected chi connectivity index (χ4v) is 3.33. The van der Waals surface area contributed by atoms with E-state index in [1.54, 1.807) is 48.2 Å². The number of ether oxygens (including phenoxy) is 1. The lowest BCUT2D eigenvalue weighted by atomic mass is 10.1. The zero-order valence-corrected chi connectivity index (χ0v) is 17.4. The van der Waals surface area contributed by atoms with Crippen LogP contribution in [0.15, 0.2) is 78.9 Å². The van der Waals surface area contributed by atoms with E-state index < -0.39 is 0 Å². The standard InChI is InChI=1S/C24H19ClFN3O2/c1-31-21-7-2-4-17(12-21)22-14-23(29(28-22)20-6-3-5-18(25)13-20)24(30)27-15-16-8-10-19(26)11-9-16/h2-14H,15H2,1H3,(H,27,30). The predicted molar refractivity (Wildman–Crippen MR) is 118 cm³/mol.